The molecular formula is C21H26O5S. The molecule has 0 aliphatic heterocycles. The third kappa shape index (κ3) is 5.32. The van der Waals surface area contributed by atoms with Crippen LogP contribution in [0, 0.1) is 0 Å². The summed E-state index contributed by atoms with van der Waals surface area (Å²) in [5, 5.41) is 9.29. The maximum atomic E-state index is 13.1. The molecule has 1 N–H and O–H groups in total. The maximum absolute atomic E-state index is 13.1. The van der Waals surface area contributed by atoms with Gasteiger partial charge in [0.15, 0.2) is 9.84 Å². The van der Waals surface area contributed by atoms with Crippen molar-refractivity contribution in [3.05, 3.63) is 60.2 Å². The fraction of sp³-hybridized carbons (Fsp3) is 0.381. The predicted molar refractivity (Wildman–Crippen MR) is 105 cm³/mol. The number of aryl methyl sites for hydroxylation is 1. The molecule has 0 spiro atoms. The molecule has 0 amide bonds. The Morgan fingerprint density at radius 3 is 2.22 bits per heavy atom. The number of benzene rings is 2. The van der Waals surface area contributed by atoms with E-state index < -0.39 is 27.0 Å². The van der Waals surface area contributed by atoms with Crippen LogP contribution in [0.25, 0.3) is 0 Å². The molecule has 0 bridgehead atoms. The Kier molecular flexibility index (Phi) is 7.02. The van der Waals surface area contributed by atoms with Crippen LogP contribution in [-0.2, 0) is 21.1 Å². The molecular weight excluding hydrogens is 364 g/mol. The van der Waals surface area contributed by atoms with Crippen LogP contribution in [0.3, 0.4) is 0 Å². The molecule has 0 saturated heterocycles. The summed E-state index contributed by atoms with van der Waals surface area (Å²) in [6.07, 6.45) is 2.14. The van der Waals surface area contributed by atoms with Gasteiger partial charge in [-0.15, -0.1) is 0 Å². The number of aliphatic carboxylic acids is 1. The van der Waals surface area contributed by atoms with Gasteiger partial charge in [0.2, 0.25) is 0 Å². The minimum Gasteiger partial charge on any atom is -0.497 e. The number of carbonyl (C=O) groups is 1. The molecule has 0 fully saturated rings. The predicted octanol–water partition coefficient (Wildman–Crippen LogP) is 4.12. The molecule has 0 heterocycles. The maximum Gasteiger partial charge on any atom is 0.304 e. The first kappa shape index (κ1) is 21.0. The molecule has 2 aromatic rings. The van der Waals surface area contributed by atoms with E-state index in [1.165, 1.54) is 31.7 Å². The second-order valence-corrected chi connectivity index (χ2v) is 9.36. The standard InChI is InChI=1S/C21H26O5S/c1-21(16-20(22)23,15-7-6-10-17-8-4-3-5-9-17)27(24,25)19-13-11-18(26-2)12-14-19/h3-5,8-9,11-14H,6-7,10,15-16H2,1-2H3,(H,22,23). The van der Waals surface area contributed by atoms with Gasteiger partial charge < -0.3 is 9.84 Å². The van der Waals surface area contributed by atoms with Crippen LogP contribution < -0.4 is 4.74 Å². The van der Waals surface area contributed by atoms with Crippen LogP contribution in [0.4, 0.5) is 0 Å². The smallest absolute Gasteiger partial charge is 0.304 e. The van der Waals surface area contributed by atoms with Crippen molar-refractivity contribution in [1.82, 2.24) is 0 Å². The van der Waals surface area contributed by atoms with Gasteiger partial charge in [-0.3, -0.25) is 4.79 Å². The Morgan fingerprint density at radius 2 is 1.67 bits per heavy atom. The number of ether oxygens (including phenoxy) is 1. The second kappa shape index (κ2) is 9.04. The molecule has 0 aromatic heterocycles. The lowest BCUT2D eigenvalue weighted by Gasteiger charge is -2.28. The molecule has 2 rings (SSSR count). The minimum absolute atomic E-state index is 0.120. The van der Waals surface area contributed by atoms with Crippen LogP contribution in [0.5, 0.6) is 5.75 Å². The SMILES string of the molecule is COc1ccc(S(=O)(=O)C(C)(CCCCc2ccccc2)CC(=O)O)cc1. The zero-order valence-corrected chi connectivity index (χ0v) is 16.5. The number of hydrogen-bond donors (Lipinski definition) is 1. The Hall–Kier alpha value is -2.34. The summed E-state index contributed by atoms with van der Waals surface area (Å²) >= 11 is 0. The van der Waals surface area contributed by atoms with E-state index in [0.717, 1.165) is 12.8 Å². The summed E-state index contributed by atoms with van der Waals surface area (Å²) in [6, 6.07) is 16.0. The van der Waals surface area contributed by atoms with E-state index in [4.69, 9.17) is 4.74 Å². The quantitative estimate of drug-likeness (QED) is 0.617. The molecule has 1 unspecified atom stereocenters. The molecule has 0 aliphatic carbocycles. The summed E-state index contributed by atoms with van der Waals surface area (Å²) in [5.41, 5.74) is 1.19. The van der Waals surface area contributed by atoms with Crippen molar-refractivity contribution in [2.75, 3.05) is 7.11 Å². The monoisotopic (exact) mass is 390 g/mol. The fourth-order valence-electron chi connectivity index (χ4n) is 3.15. The lowest BCUT2D eigenvalue weighted by atomic mass is 9.97. The Bertz CT molecular complexity index is 844. The first-order chi connectivity index (χ1) is 12.8. The van der Waals surface area contributed by atoms with Crippen LogP contribution >= 0.6 is 0 Å². The molecule has 1 atom stereocenters. The van der Waals surface area contributed by atoms with E-state index in [1.54, 1.807) is 12.1 Å². The van der Waals surface area contributed by atoms with Crippen molar-refractivity contribution in [3.63, 3.8) is 0 Å². The van der Waals surface area contributed by atoms with Gasteiger partial charge in [-0.1, -0.05) is 36.8 Å². The normalized spacial score (nSPS) is 13.7. The number of unbranched alkanes of at least 4 members (excludes halogenated alkanes) is 1. The first-order valence-electron chi connectivity index (χ1n) is 8.93. The zero-order chi connectivity index (χ0) is 19.9. The topological polar surface area (TPSA) is 80.7 Å². The van der Waals surface area contributed by atoms with Gasteiger partial charge >= 0.3 is 5.97 Å². The molecule has 27 heavy (non-hydrogen) atoms. The highest BCUT2D eigenvalue weighted by Gasteiger charge is 2.41. The van der Waals surface area contributed by atoms with Gasteiger partial charge in [-0.05, 0) is 56.0 Å². The number of methoxy groups -OCH3 is 1. The van der Waals surface area contributed by atoms with Crippen LogP contribution in [0.2, 0.25) is 0 Å². The molecule has 5 nitrogen and oxygen atoms in total. The Labute approximate surface area is 160 Å². The average molecular weight is 391 g/mol. The lowest BCUT2D eigenvalue weighted by molar-refractivity contribution is -0.137. The van der Waals surface area contributed by atoms with Crippen molar-refractivity contribution in [1.29, 1.82) is 0 Å². The molecule has 146 valence electrons. The fourth-order valence-corrected chi connectivity index (χ4v) is 4.94. The van der Waals surface area contributed by atoms with E-state index >= 15 is 0 Å². The lowest BCUT2D eigenvalue weighted by Crippen LogP contribution is -2.38. The van der Waals surface area contributed by atoms with Crippen molar-refractivity contribution >= 4 is 15.8 Å². The van der Waals surface area contributed by atoms with Gasteiger partial charge in [-0.25, -0.2) is 8.42 Å². The highest BCUT2D eigenvalue weighted by molar-refractivity contribution is 7.92. The first-order valence-corrected chi connectivity index (χ1v) is 10.4. The Balaban J connectivity index is 2.14. The number of rotatable bonds is 10. The summed E-state index contributed by atoms with van der Waals surface area (Å²) < 4.78 is 30.0. The Morgan fingerprint density at radius 1 is 1.04 bits per heavy atom. The van der Waals surface area contributed by atoms with Crippen molar-refractivity contribution in [2.45, 2.75) is 48.7 Å². The molecule has 6 heteroatoms. The average Bonchev–Trinajstić information content (AvgIpc) is 2.65. The van der Waals surface area contributed by atoms with Gasteiger partial charge in [0.25, 0.3) is 0 Å². The number of sulfone groups is 1. The van der Waals surface area contributed by atoms with E-state index in [2.05, 4.69) is 0 Å². The number of hydrogen-bond acceptors (Lipinski definition) is 4. The van der Waals surface area contributed by atoms with E-state index in [0.29, 0.717) is 18.6 Å². The van der Waals surface area contributed by atoms with Gasteiger partial charge in [0.1, 0.15) is 5.75 Å². The van der Waals surface area contributed by atoms with Crippen molar-refractivity contribution in [2.24, 2.45) is 0 Å². The second-order valence-electron chi connectivity index (χ2n) is 6.89. The zero-order valence-electron chi connectivity index (χ0n) is 15.7. The van der Waals surface area contributed by atoms with E-state index in [1.807, 2.05) is 30.3 Å². The summed E-state index contributed by atoms with van der Waals surface area (Å²) in [4.78, 5) is 11.5. The summed E-state index contributed by atoms with van der Waals surface area (Å²) in [6.45, 7) is 1.53. The van der Waals surface area contributed by atoms with Crippen LogP contribution in [0.1, 0.15) is 38.2 Å². The molecule has 2 aromatic carbocycles. The third-order valence-electron chi connectivity index (χ3n) is 4.81. The molecule has 0 aliphatic rings. The molecule has 0 radical (unpaired) electrons. The van der Waals surface area contributed by atoms with Crippen LogP contribution in [0.15, 0.2) is 59.5 Å². The minimum atomic E-state index is -3.80. The summed E-state index contributed by atoms with van der Waals surface area (Å²) in [5.74, 6) is -0.561. The van der Waals surface area contributed by atoms with Gasteiger partial charge in [-0.2, -0.15) is 0 Å². The van der Waals surface area contributed by atoms with Crippen molar-refractivity contribution < 1.29 is 23.1 Å². The summed E-state index contributed by atoms with van der Waals surface area (Å²) in [7, 11) is -2.30. The third-order valence-corrected chi connectivity index (χ3v) is 7.35. The largest absolute Gasteiger partial charge is 0.497 e. The van der Waals surface area contributed by atoms with Gasteiger partial charge in [0.05, 0.1) is 23.2 Å². The highest BCUT2D eigenvalue weighted by Crippen LogP contribution is 2.34. The highest BCUT2D eigenvalue weighted by atomic mass is 32.2. The van der Waals surface area contributed by atoms with Gasteiger partial charge in [0, 0.05) is 0 Å². The van der Waals surface area contributed by atoms with Crippen LogP contribution in [-0.4, -0.2) is 31.4 Å². The molecule has 0 saturated carbocycles. The number of carboxylic acids is 1. The van der Waals surface area contributed by atoms with Crippen molar-refractivity contribution in [3.8, 4) is 5.75 Å². The van der Waals surface area contributed by atoms with E-state index in [-0.39, 0.29) is 4.90 Å². The number of carboxylic acid groups (broad SMARTS) is 1. The van der Waals surface area contributed by atoms with E-state index in [9.17, 15) is 18.3 Å².